The molecule has 0 fully saturated rings. The van der Waals surface area contributed by atoms with Gasteiger partial charge in [-0.3, -0.25) is 9.10 Å². The van der Waals surface area contributed by atoms with Gasteiger partial charge in [0.2, 0.25) is 0 Å². The lowest BCUT2D eigenvalue weighted by molar-refractivity contribution is 0.102. The summed E-state index contributed by atoms with van der Waals surface area (Å²) < 4.78 is 29.1. The lowest BCUT2D eigenvalue weighted by Crippen LogP contribution is -2.30. The van der Waals surface area contributed by atoms with Crippen molar-refractivity contribution in [1.29, 1.82) is 0 Å². The van der Waals surface area contributed by atoms with E-state index in [-0.39, 0.29) is 10.8 Å². The molecule has 0 radical (unpaired) electrons. The molecule has 29 heavy (non-hydrogen) atoms. The molecule has 3 aromatic rings. The summed E-state index contributed by atoms with van der Waals surface area (Å²) in [4.78, 5) is 12.8. The van der Waals surface area contributed by atoms with Gasteiger partial charge >= 0.3 is 0 Å². The van der Waals surface area contributed by atoms with Crippen molar-refractivity contribution in [3.05, 3.63) is 87.9 Å². The van der Waals surface area contributed by atoms with E-state index in [9.17, 15) is 13.2 Å². The number of carbonyl (C=O) groups excluding carboxylic acids is 1. The fourth-order valence-corrected chi connectivity index (χ4v) is 5.45. The fraction of sp³-hybridized carbons (Fsp3) is 0.136. The van der Waals surface area contributed by atoms with Crippen molar-refractivity contribution in [3.63, 3.8) is 0 Å². The predicted octanol–water partition coefficient (Wildman–Crippen LogP) is 4.76. The van der Waals surface area contributed by atoms with Gasteiger partial charge in [0.1, 0.15) is 0 Å². The van der Waals surface area contributed by atoms with Crippen molar-refractivity contribution in [2.24, 2.45) is 0 Å². The lowest BCUT2D eigenvalue weighted by atomic mass is 10.1. The van der Waals surface area contributed by atoms with Crippen molar-refractivity contribution in [2.75, 3.05) is 16.2 Å². The van der Waals surface area contributed by atoms with Crippen LogP contribution in [-0.4, -0.2) is 20.9 Å². The normalized spacial score (nSPS) is 13.2. The van der Waals surface area contributed by atoms with Crippen LogP contribution in [0.5, 0.6) is 0 Å². The first-order chi connectivity index (χ1) is 13.9. The topological polar surface area (TPSA) is 66.5 Å². The Morgan fingerprint density at radius 2 is 1.76 bits per heavy atom. The molecule has 0 aliphatic carbocycles. The maximum atomic E-state index is 13.4. The number of nitrogens with one attached hydrogen (secondary N) is 1. The highest BCUT2D eigenvalue weighted by molar-refractivity contribution is 9.10. The minimum atomic E-state index is -3.77. The van der Waals surface area contributed by atoms with Crippen molar-refractivity contribution in [2.45, 2.75) is 18.2 Å². The molecular formula is C22H19BrN2O3S. The third-order valence-corrected chi connectivity index (χ3v) is 7.45. The number of hydrogen-bond donors (Lipinski definition) is 1. The molecular weight excluding hydrogens is 452 g/mol. The molecule has 7 heteroatoms. The van der Waals surface area contributed by atoms with Crippen LogP contribution in [0.1, 0.15) is 21.5 Å². The Balaban J connectivity index is 1.66. The van der Waals surface area contributed by atoms with Crippen LogP contribution in [0.2, 0.25) is 0 Å². The van der Waals surface area contributed by atoms with Crippen LogP contribution in [0, 0.1) is 6.92 Å². The van der Waals surface area contributed by atoms with Gasteiger partial charge in [0.05, 0.1) is 10.6 Å². The molecule has 1 amide bonds. The second-order valence-electron chi connectivity index (χ2n) is 6.90. The molecule has 0 unspecified atom stereocenters. The fourth-order valence-electron chi connectivity index (χ4n) is 3.43. The number of carbonyl (C=O) groups is 1. The van der Waals surface area contributed by atoms with E-state index >= 15 is 0 Å². The number of sulfonamides is 1. The summed E-state index contributed by atoms with van der Waals surface area (Å²) in [5.41, 5.74) is 3.25. The van der Waals surface area contributed by atoms with E-state index in [1.165, 1.54) is 10.4 Å². The minimum Gasteiger partial charge on any atom is -0.322 e. The van der Waals surface area contributed by atoms with Gasteiger partial charge in [-0.2, -0.15) is 0 Å². The molecule has 148 valence electrons. The summed E-state index contributed by atoms with van der Waals surface area (Å²) >= 11 is 3.36. The van der Waals surface area contributed by atoms with E-state index in [0.29, 0.717) is 35.5 Å². The summed E-state index contributed by atoms with van der Waals surface area (Å²) in [6, 6.07) is 19.5. The monoisotopic (exact) mass is 470 g/mol. The summed E-state index contributed by atoms with van der Waals surface area (Å²) in [6.45, 7) is 2.14. The Hall–Kier alpha value is -2.64. The van der Waals surface area contributed by atoms with E-state index < -0.39 is 10.0 Å². The number of aryl methyl sites for hydroxylation is 1. The van der Waals surface area contributed by atoms with Gasteiger partial charge in [0.25, 0.3) is 15.9 Å². The predicted molar refractivity (Wildman–Crippen MR) is 118 cm³/mol. The maximum Gasteiger partial charge on any atom is 0.264 e. The van der Waals surface area contributed by atoms with Gasteiger partial charge in [-0.05, 0) is 66.9 Å². The molecule has 1 aliphatic rings. The average molecular weight is 471 g/mol. The number of hydrogen-bond acceptors (Lipinski definition) is 3. The number of fused-ring (bicyclic) bond motifs is 1. The minimum absolute atomic E-state index is 0.151. The molecule has 3 aromatic carbocycles. The summed E-state index contributed by atoms with van der Waals surface area (Å²) in [7, 11) is -3.77. The first-order valence-corrected chi connectivity index (χ1v) is 11.4. The second-order valence-corrected chi connectivity index (χ2v) is 9.64. The van der Waals surface area contributed by atoms with E-state index in [1.54, 1.807) is 31.2 Å². The third kappa shape index (κ3) is 3.80. The average Bonchev–Trinajstić information content (AvgIpc) is 3.15. The largest absolute Gasteiger partial charge is 0.322 e. The zero-order valence-corrected chi connectivity index (χ0v) is 18.1. The molecule has 0 saturated heterocycles. The molecule has 1 heterocycles. The summed E-state index contributed by atoms with van der Waals surface area (Å²) in [6.07, 6.45) is 0.679. The van der Waals surface area contributed by atoms with Crippen LogP contribution in [-0.2, 0) is 16.4 Å². The molecule has 1 aliphatic heterocycles. The van der Waals surface area contributed by atoms with Crippen molar-refractivity contribution < 1.29 is 13.2 Å². The van der Waals surface area contributed by atoms with E-state index in [4.69, 9.17) is 0 Å². The van der Waals surface area contributed by atoms with Crippen LogP contribution in [0.15, 0.2) is 76.1 Å². The van der Waals surface area contributed by atoms with Crippen LogP contribution >= 0.6 is 15.9 Å². The van der Waals surface area contributed by atoms with Crippen LogP contribution < -0.4 is 9.62 Å². The Bertz CT molecular complexity index is 1190. The van der Waals surface area contributed by atoms with Gasteiger partial charge in [-0.1, -0.05) is 40.2 Å². The molecule has 1 N–H and O–H groups in total. The first kappa shape index (κ1) is 19.7. The molecule has 0 saturated carbocycles. The highest BCUT2D eigenvalue weighted by Gasteiger charge is 2.32. The maximum absolute atomic E-state index is 13.4. The van der Waals surface area contributed by atoms with E-state index in [1.807, 2.05) is 36.4 Å². The van der Waals surface area contributed by atoms with Gasteiger partial charge in [-0.15, -0.1) is 0 Å². The van der Waals surface area contributed by atoms with Crippen molar-refractivity contribution in [1.82, 2.24) is 0 Å². The van der Waals surface area contributed by atoms with E-state index in [2.05, 4.69) is 21.2 Å². The summed E-state index contributed by atoms with van der Waals surface area (Å²) in [5, 5.41) is 2.80. The number of rotatable bonds is 4. The number of amides is 1. The zero-order valence-electron chi connectivity index (χ0n) is 15.7. The molecule has 5 nitrogen and oxygen atoms in total. The Labute approximate surface area is 178 Å². The van der Waals surface area contributed by atoms with Crippen molar-refractivity contribution in [3.8, 4) is 0 Å². The Morgan fingerprint density at radius 1 is 1.03 bits per heavy atom. The van der Waals surface area contributed by atoms with Crippen LogP contribution in [0.25, 0.3) is 0 Å². The number of para-hydroxylation sites is 1. The van der Waals surface area contributed by atoms with E-state index in [0.717, 1.165) is 10.0 Å². The molecule has 0 spiro atoms. The molecule has 0 atom stereocenters. The number of nitrogens with zero attached hydrogens (tertiary/aromatic N) is 1. The second kappa shape index (κ2) is 7.65. The molecule has 0 aromatic heterocycles. The molecule has 0 bridgehead atoms. The Kier molecular flexibility index (Phi) is 5.19. The summed E-state index contributed by atoms with van der Waals surface area (Å²) in [5.74, 6) is -0.356. The Morgan fingerprint density at radius 3 is 2.52 bits per heavy atom. The lowest BCUT2D eigenvalue weighted by Gasteiger charge is -2.21. The number of halogens is 1. The van der Waals surface area contributed by atoms with Gasteiger partial charge in [-0.25, -0.2) is 8.42 Å². The zero-order chi connectivity index (χ0) is 20.6. The van der Waals surface area contributed by atoms with Crippen molar-refractivity contribution >= 4 is 43.2 Å². The number of benzene rings is 3. The SMILES string of the molecule is Cc1ccc(C(=O)Nc2ccc(Br)cc2)cc1S(=O)(=O)N1CCc2ccccc21. The smallest absolute Gasteiger partial charge is 0.264 e. The standard InChI is InChI=1S/C22H19BrN2O3S/c1-15-6-7-17(22(26)24-19-10-8-18(23)9-11-19)14-21(15)29(27,28)25-13-12-16-4-2-3-5-20(16)25/h2-11,14H,12-13H2,1H3,(H,24,26). The van der Waals surface area contributed by atoms with Gasteiger partial charge in [0, 0.05) is 22.3 Å². The van der Waals surface area contributed by atoms with Gasteiger partial charge < -0.3 is 5.32 Å². The highest BCUT2D eigenvalue weighted by Crippen LogP contribution is 2.33. The molecule has 4 rings (SSSR count). The quantitative estimate of drug-likeness (QED) is 0.597. The van der Waals surface area contributed by atoms with Gasteiger partial charge in [0.15, 0.2) is 0 Å². The first-order valence-electron chi connectivity index (χ1n) is 9.14. The number of anilines is 2. The van der Waals surface area contributed by atoms with Crippen LogP contribution in [0.3, 0.4) is 0 Å². The third-order valence-electron chi connectivity index (χ3n) is 4.97. The highest BCUT2D eigenvalue weighted by atomic mass is 79.9. The van der Waals surface area contributed by atoms with Crippen LogP contribution in [0.4, 0.5) is 11.4 Å².